The number of nitrogens with two attached hydrogens (primary N) is 1. The summed E-state index contributed by atoms with van der Waals surface area (Å²) in [6.07, 6.45) is -7.85. The first kappa shape index (κ1) is 91.1. The Morgan fingerprint density at radius 3 is 1.01 bits per heavy atom. The van der Waals surface area contributed by atoms with Gasteiger partial charge >= 0.3 is 48.8 Å². The van der Waals surface area contributed by atoms with Crippen LogP contribution in [0.15, 0.2) is 140 Å². The molecule has 16 rings (SSSR count). The van der Waals surface area contributed by atoms with Gasteiger partial charge in [-0.25, -0.2) is 44.1 Å². The first-order valence-electron chi connectivity index (χ1n) is 40.0. The summed E-state index contributed by atoms with van der Waals surface area (Å²) in [4.78, 5) is 108. The van der Waals surface area contributed by atoms with Crippen molar-refractivity contribution < 1.29 is 100 Å². The van der Waals surface area contributed by atoms with Crippen LogP contribution < -0.4 is 51.3 Å². The molecule has 668 valence electrons. The zero-order chi connectivity index (χ0) is 89.8. The van der Waals surface area contributed by atoms with Gasteiger partial charge in [-0.3, -0.25) is 39.8 Å². The van der Waals surface area contributed by atoms with Crippen LogP contribution >= 0.6 is 11.6 Å². The van der Waals surface area contributed by atoms with E-state index in [1.54, 1.807) is 49.9 Å². The van der Waals surface area contributed by atoms with Gasteiger partial charge in [-0.2, -0.15) is 57.9 Å². The van der Waals surface area contributed by atoms with Crippen molar-refractivity contribution >= 4 is 76.4 Å². The number of fused-ring (bicyclic) bond motifs is 4. The quantitative estimate of drug-likeness (QED) is 0.0693. The summed E-state index contributed by atoms with van der Waals surface area (Å²) in [6, 6.07) is 24.6. The molecule has 12 heterocycles. The normalized spacial score (nSPS) is 19.2. The number of hydrogen-bond acceptors (Lipinski definition) is 20. The predicted octanol–water partition coefficient (Wildman–Crippen LogP) is 14.1. The van der Waals surface area contributed by atoms with Gasteiger partial charge in [-0.15, -0.1) is 0 Å². The van der Waals surface area contributed by atoms with Gasteiger partial charge in [0.25, 0.3) is 5.91 Å². The average molecular weight is 1790 g/mol. The lowest BCUT2D eigenvalue weighted by Gasteiger charge is -2.41. The lowest BCUT2D eigenvalue weighted by atomic mass is 9.96. The van der Waals surface area contributed by atoms with Crippen LogP contribution in [0.3, 0.4) is 0 Å². The molecule has 7 N–H and O–H groups in total. The van der Waals surface area contributed by atoms with Crippen LogP contribution in [0.25, 0.3) is 0 Å². The zero-order valence-corrected chi connectivity index (χ0v) is 68.1. The highest BCUT2D eigenvalue weighted by atomic mass is 35.5. The topological polar surface area (TPSA) is 340 Å². The van der Waals surface area contributed by atoms with Crippen LogP contribution in [0, 0.1) is 11.3 Å². The van der Waals surface area contributed by atoms with E-state index in [0.29, 0.717) is 185 Å². The Labute approximate surface area is 718 Å². The molecule has 8 aliphatic heterocycles. The number of carbonyl (C=O) groups excluding carboxylic acids is 6. The number of alkyl halides is 12. The van der Waals surface area contributed by atoms with Crippen LogP contribution in [0.4, 0.5) is 101 Å². The molecular weight excluding hydrogens is 1700 g/mol. The lowest BCUT2D eigenvalue weighted by molar-refractivity contribution is -0.138. The number of urea groups is 4. The maximum absolute atomic E-state index is 13.0. The monoisotopic (exact) mass is 1780 g/mol. The number of amides is 10. The van der Waals surface area contributed by atoms with Crippen LogP contribution in [0.5, 0.6) is 23.0 Å². The third kappa shape index (κ3) is 23.1. The van der Waals surface area contributed by atoms with Crippen molar-refractivity contribution in [3.05, 3.63) is 201 Å². The molecule has 0 aliphatic carbocycles. The highest BCUT2D eigenvalue weighted by Gasteiger charge is 2.41. The second-order valence-corrected chi connectivity index (χ2v) is 30.4. The van der Waals surface area contributed by atoms with E-state index in [0.717, 1.165) is 70.8 Å². The molecule has 4 unspecified atom stereocenters. The molecule has 4 fully saturated rings. The van der Waals surface area contributed by atoms with Crippen molar-refractivity contribution in [3.8, 4) is 29.1 Å². The minimum absolute atomic E-state index is 0.0450. The fraction of sp³-hybridized carbons (Fsp3) is 0.398. The minimum Gasteiger partial charge on any atom is -0.493 e. The van der Waals surface area contributed by atoms with Crippen molar-refractivity contribution in [1.29, 1.82) is 5.26 Å². The third-order valence-electron chi connectivity index (χ3n) is 22.2. The van der Waals surface area contributed by atoms with E-state index in [9.17, 15) is 81.5 Å². The van der Waals surface area contributed by atoms with E-state index >= 15 is 0 Å². The third-order valence-corrected chi connectivity index (χ3v) is 22.4. The van der Waals surface area contributed by atoms with E-state index in [1.807, 2.05) is 6.07 Å². The van der Waals surface area contributed by atoms with Gasteiger partial charge in [0.2, 0.25) is 5.91 Å². The summed E-state index contributed by atoms with van der Waals surface area (Å²) in [5.74, 6) is 1.17. The van der Waals surface area contributed by atoms with Crippen molar-refractivity contribution in [2.75, 3.05) is 158 Å². The molecule has 8 aromatic rings. The number of benzene rings is 4. The number of pyridine rings is 3. The SMILES string of the molecule is CC(=O)Nc1ccc(NC(=O)N2CCN(C3CCOc4cc(C(F)(F)F)ccc43)CC2)cn1.N#Cc1ccc(NC(=O)N2CCN(C3CCOc4cc(C(F)(F)F)ccc43)CC2)nc1.NC(=O)c1ccc(NC(=O)N2CCN(C3CCOc4cc(C(F)(F)F)ccc43)CC2)cn1.O=C(Nc1nccnc1Cl)N1CCN(C2CCOc3cc(C(F)(F)F)ccc32)CC1. The fourth-order valence-electron chi connectivity index (χ4n) is 15.7. The van der Waals surface area contributed by atoms with E-state index < -0.39 is 52.9 Å². The summed E-state index contributed by atoms with van der Waals surface area (Å²) in [7, 11) is 0. The Bertz CT molecular complexity index is 5240. The number of anilines is 5. The van der Waals surface area contributed by atoms with E-state index in [4.69, 9.17) is 41.5 Å². The van der Waals surface area contributed by atoms with Crippen LogP contribution in [0.1, 0.15) is 117 Å². The molecule has 4 saturated heterocycles. The molecule has 4 aromatic heterocycles. The molecule has 0 radical (unpaired) electrons. The molecule has 8 aliphatic rings. The molecule has 0 bridgehead atoms. The van der Waals surface area contributed by atoms with E-state index in [2.05, 4.69) is 71.1 Å². The van der Waals surface area contributed by atoms with Gasteiger partial charge in [0.15, 0.2) is 11.0 Å². The Morgan fingerprint density at radius 1 is 0.397 bits per heavy atom. The molecule has 126 heavy (non-hydrogen) atoms. The number of hydrogen-bond donors (Lipinski definition) is 6. The average Bonchev–Trinajstić information content (AvgIpc) is 0.795. The summed E-state index contributed by atoms with van der Waals surface area (Å²) in [5.41, 5.74) is 6.73. The number of nitrogens with one attached hydrogen (secondary N) is 5. The Morgan fingerprint density at radius 2 is 0.714 bits per heavy atom. The number of ether oxygens (including phenoxy) is 4. The highest BCUT2D eigenvalue weighted by Crippen LogP contribution is 2.46. The molecular formula is C83H85ClF12N20O10. The summed E-state index contributed by atoms with van der Waals surface area (Å²) >= 11 is 5.92. The van der Waals surface area contributed by atoms with E-state index in [-0.39, 0.29) is 93.9 Å². The number of rotatable bonds is 10. The van der Waals surface area contributed by atoms with Gasteiger partial charge in [0, 0.05) is 202 Å². The number of halogens is 13. The molecule has 0 saturated carbocycles. The number of piperazine rings is 4. The largest absolute Gasteiger partial charge is 0.493 e. The van der Waals surface area contributed by atoms with Crippen molar-refractivity contribution in [3.63, 3.8) is 0 Å². The maximum Gasteiger partial charge on any atom is 0.416 e. The van der Waals surface area contributed by atoms with Gasteiger partial charge in [-0.05, 0) is 84.9 Å². The maximum atomic E-state index is 13.0. The van der Waals surface area contributed by atoms with Crippen LogP contribution in [-0.4, -0.2) is 231 Å². The van der Waals surface area contributed by atoms with Crippen LogP contribution in [-0.2, 0) is 29.5 Å². The number of aromatic nitrogens is 5. The van der Waals surface area contributed by atoms with Crippen molar-refractivity contribution in [1.82, 2.24) is 64.1 Å². The van der Waals surface area contributed by atoms with Gasteiger partial charge in [-0.1, -0.05) is 35.9 Å². The molecule has 43 heteroatoms. The van der Waals surface area contributed by atoms with Gasteiger partial charge < -0.3 is 60.2 Å². The van der Waals surface area contributed by atoms with E-state index in [1.165, 1.54) is 68.2 Å². The standard InChI is InChI=1S/C22H24F3N5O3.C21H22F3N5O3.C21H20F3N5O2.C19H19ClF3N5O2/c1-14(31)27-20-5-3-16(13-26-20)28-21(32)30-9-7-29(8-10-30)18-6-11-33-19-12-15(22(23,24)25)2-4-17(18)19;22-21(23,24)13-1-3-15-17(5-10-32-18(15)11-13)28-6-8-29(9-7-28)20(31)27-14-2-4-16(19(25)30)26-12-14;22-21(23,24)15-2-3-16-17(5-10-31-18(16)11-15)28-6-8-29(9-7-28)20(30)27-19-4-1-14(12-25)13-26-19;20-16-17(25-5-4-24-16)26-18(29)28-8-6-27(7-9-28)14-3-10-30-15-11-12(19(21,22)23)1-2-13(14)15/h2-5,12-13,18H,6-11H2,1H3,(H,28,32)(H,26,27,31);1-4,11-12,17H,5-10H2,(H2,25,30)(H,27,31);1-4,11,13,17H,5-10H2,(H,26,27,30);1-2,4-5,11,14H,3,6-10H2,(H,25,26,29). The molecule has 4 aromatic carbocycles. The minimum atomic E-state index is -4.42. The highest BCUT2D eigenvalue weighted by molar-refractivity contribution is 6.32. The number of nitrogens with zero attached hydrogens (tertiary/aromatic N) is 14. The Balaban J connectivity index is 0.000000144. The van der Waals surface area contributed by atoms with Gasteiger partial charge in [0.05, 0.1) is 78.0 Å². The summed E-state index contributed by atoms with van der Waals surface area (Å²) in [5, 5.41) is 22.4. The van der Waals surface area contributed by atoms with Crippen molar-refractivity contribution in [2.24, 2.45) is 5.73 Å². The summed E-state index contributed by atoms with van der Waals surface area (Å²) < 4.78 is 178. The first-order chi connectivity index (χ1) is 60.1. The second kappa shape index (κ2) is 39.7. The van der Waals surface area contributed by atoms with Crippen molar-refractivity contribution in [2.45, 2.75) is 81.5 Å². The Kier molecular flexibility index (Phi) is 28.7. The fourth-order valence-corrected chi connectivity index (χ4v) is 15.9. The molecule has 4 atom stereocenters. The molecule has 0 spiro atoms. The number of nitriles is 1. The lowest BCUT2D eigenvalue weighted by Crippen LogP contribution is -2.51. The summed E-state index contributed by atoms with van der Waals surface area (Å²) in [6.45, 7) is 11.3. The second-order valence-electron chi connectivity index (χ2n) is 30.1. The van der Waals surface area contributed by atoms with Gasteiger partial charge in [0.1, 0.15) is 46.4 Å². The van der Waals surface area contributed by atoms with Crippen LogP contribution in [0.2, 0.25) is 5.15 Å². The predicted molar refractivity (Wildman–Crippen MR) is 433 cm³/mol. The Hall–Kier alpha value is -12.6. The number of primary amides is 1. The molecule has 30 nitrogen and oxygen atoms in total. The smallest absolute Gasteiger partial charge is 0.416 e. The molecule has 10 amide bonds. The zero-order valence-electron chi connectivity index (χ0n) is 67.4. The first-order valence-corrected chi connectivity index (χ1v) is 40.4. The number of carbonyl (C=O) groups is 6.